The first kappa shape index (κ1) is 10.8. The average Bonchev–Trinajstić information content (AvgIpc) is 3.09. The van der Waals surface area contributed by atoms with Crippen LogP contribution < -0.4 is 9.64 Å². The summed E-state index contributed by atoms with van der Waals surface area (Å²) in [5.41, 5.74) is 1.03. The normalized spacial score (nSPS) is 18.1. The van der Waals surface area contributed by atoms with Gasteiger partial charge in [0.25, 0.3) is 0 Å². The molecule has 1 aromatic carbocycles. The van der Waals surface area contributed by atoms with Crippen LogP contribution in [0.5, 0.6) is 5.75 Å². The van der Waals surface area contributed by atoms with Crippen LogP contribution in [0.4, 0.5) is 5.69 Å². The Kier molecular flexibility index (Phi) is 2.99. The first-order valence-corrected chi connectivity index (χ1v) is 5.33. The number of nitrogens with zero attached hydrogens (tertiary/aromatic N) is 1. The van der Waals surface area contributed by atoms with E-state index in [0.29, 0.717) is 6.61 Å². The summed E-state index contributed by atoms with van der Waals surface area (Å²) in [6.45, 7) is 2.99. The molecule has 1 heterocycles. The van der Waals surface area contributed by atoms with Crippen molar-refractivity contribution >= 4 is 11.7 Å². The standard InChI is InChI=1S/C12H15NO3/c1-3-16-12(14)11-8-13(11)9-4-6-10(15-2)7-5-9/h4-7,11H,3,8H2,1-2H3/t11-,13?/m0/s1. The van der Waals surface area contributed by atoms with E-state index in [1.807, 2.05) is 36.1 Å². The number of methoxy groups -OCH3 is 1. The molecule has 1 saturated heterocycles. The van der Waals surface area contributed by atoms with Crippen LogP contribution in [0.1, 0.15) is 6.92 Å². The molecule has 0 spiro atoms. The second kappa shape index (κ2) is 4.43. The Hall–Kier alpha value is -1.71. The van der Waals surface area contributed by atoms with Gasteiger partial charge in [-0.2, -0.15) is 0 Å². The van der Waals surface area contributed by atoms with Gasteiger partial charge in [-0.05, 0) is 31.2 Å². The fraction of sp³-hybridized carbons (Fsp3) is 0.417. The van der Waals surface area contributed by atoms with Crippen molar-refractivity contribution in [3.63, 3.8) is 0 Å². The number of hydrogen-bond donors (Lipinski definition) is 0. The summed E-state index contributed by atoms with van der Waals surface area (Å²) in [5, 5.41) is 0. The zero-order chi connectivity index (χ0) is 11.5. The lowest BCUT2D eigenvalue weighted by Gasteiger charge is -2.06. The highest BCUT2D eigenvalue weighted by molar-refractivity contribution is 5.86. The lowest BCUT2D eigenvalue weighted by molar-refractivity contribution is -0.142. The highest BCUT2D eigenvalue weighted by atomic mass is 16.5. The zero-order valence-corrected chi connectivity index (χ0v) is 9.47. The van der Waals surface area contributed by atoms with Gasteiger partial charge in [0.15, 0.2) is 0 Å². The van der Waals surface area contributed by atoms with Crippen molar-refractivity contribution in [2.75, 3.05) is 25.2 Å². The van der Waals surface area contributed by atoms with Crippen molar-refractivity contribution < 1.29 is 14.3 Å². The zero-order valence-electron chi connectivity index (χ0n) is 9.47. The first-order chi connectivity index (χ1) is 7.76. The van der Waals surface area contributed by atoms with E-state index in [9.17, 15) is 4.79 Å². The van der Waals surface area contributed by atoms with E-state index < -0.39 is 0 Å². The maximum atomic E-state index is 11.4. The van der Waals surface area contributed by atoms with Crippen LogP contribution in [0.15, 0.2) is 24.3 Å². The number of carbonyl (C=O) groups is 1. The van der Waals surface area contributed by atoms with Crippen molar-refractivity contribution in [3.05, 3.63) is 24.3 Å². The van der Waals surface area contributed by atoms with Gasteiger partial charge in [-0.25, -0.2) is 4.79 Å². The second-order valence-electron chi connectivity index (χ2n) is 3.62. The highest BCUT2D eigenvalue weighted by Gasteiger charge is 2.41. The third-order valence-electron chi connectivity index (χ3n) is 2.58. The molecule has 1 aliphatic heterocycles. The molecule has 86 valence electrons. The Bertz CT molecular complexity index is 374. The Morgan fingerprint density at radius 3 is 2.69 bits per heavy atom. The third kappa shape index (κ3) is 2.10. The van der Waals surface area contributed by atoms with Crippen LogP contribution in [-0.4, -0.2) is 32.3 Å². The van der Waals surface area contributed by atoms with Crippen LogP contribution >= 0.6 is 0 Å². The van der Waals surface area contributed by atoms with Gasteiger partial charge in [0, 0.05) is 5.69 Å². The molecule has 4 nitrogen and oxygen atoms in total. The van der Waals surface area contributed by atoms with E-state index in [2.05, 4.69) is 0 Å². The maximum Gasteiger partial charge on any atom is 0.330 e. The molecule has 2 rings (SSSR count). The van der Waals surface area contributed by atoms with E-state index in [0.717, 1.165) is 18.0 Å². The summed E-state index contributed by atoms with van der Waals surface area (Å²) >= 11 is 0. The molecular weight excluding hydrogens is 206 g/mol. The Balaban J connectivity index is 1.97. The third-order valence-corrected chi connectivity index (χ3v) is 2.58. The lowest BCUT2D eigenvalue weighted by Crippen LogP contribution is -2.15. The second-order valence-corrected chi connectivity index (χ2v) is 3.62. The number of esters is 1. The van der Waals surface area contributed by atoms with E-state index >= 15 is 0 Å². The van der Waals surface area contributed by atoms with E-state index in [4.69, 9.17) is 9.47 Å². The van der Waals surface area contributed by atoms with Crippen LogP contribution in [0.3, 0.4) is 0 Å². The molecule has 0 bridgehead atoms. The van der Waals surface area contributed by atoms with Gasteiger partial charge in [-0.15, -0.1) is 0 Å². The first-order valence-electron chi connectivity index (χ1n) is 5.33. The van der Waals surface area contributed by atoms with E-state index in [1.165, 1.54) is 0 Å². The molecule has 1 atom stereocenters. The quantitative estimate of drug-likeness (QED) is 0.569. The number of carbonyl (C=O) groups excluding carboxylic acids is 1. The van der Waals surface area contributed by atoms with Crippen LogP contribution in [0.2, 0.25) is 0 Å². The van der Waals surface area contributed by atoms with Gasteiger partial charge in [0.05, 0.1) is 20.3 Å². The molecule has 0 unspecified atom stereocenters. The van der Waals surface area contributed by atoms with Crippen molar-refractivity contribution in [3.8, 4) is 5.75 Å². The van der Waals surface area contributed by atoms with E-state index in [1.54, 1.807) is 7.11 Å². The van der Waals surface area contributed by atoms with Gasteiger partial charge in [-0.1, -0.05) is 0 Å². The van der Waals surface area contributed by atoms with Crippen LogP contribution in [0, 0.1) is 0 Å². The Morgan fingerprint density at radius 1 is 1.44 bits per heavy atom. The minimum Gasteiger partial charge on any atom is -0.497 e. The summed E-state index contributed by atoms with van der Waals surface area (Å²) in [5.74, 6) is 0.677. The molecule has 0 aliphatic carbocycles. The number of rotatable bonds is 4. The topological polar surface area (TPSA) is 38.5 Å². The molecule has 0 N–H and O–H groups in total. The van der Waals surface area contributed by atoms with E-state index in [-0.39, 0.29) is 12.0 Å². The van der Waals surface area contributed by atoms with Crippen molar-refractivity contribution in [2.45, 2.75) is 13.0 Å². The molecule has 16 heavy (non-hydrogen) atoms. The molecule has 0 saturated carbocycles. The monoisotopic (exact) mass is 221 g/mol. The Morgan fingerprint density at radius 2 is 2.12 bits per heavy atom. The Labute approximate surface area is 94.8 Å². The summed E-state index contributed by atoms with van der Waals surface area (Å²) in [4.78, 5) is 13.4. The minimum absolute atomic E-state index is 0.103. The summed E-state index contributed by atoms with van der Waals surface area (Å²) < 4.78 is 10.0. The maximum absolute atomic E-state index is 11.4. The molecule has 0 radical (unpaired) electrons. The molecular formula is C12H15NO3. The SMILES string of the molecule is CCOC(=O)[C@@H]1CN1c1ccc(OC)cc1. The smallest absolute Gasteiger partial charge is 0.330 e. The van der Waals surface area contributed by atoms with Crippen molar-refractivity contribution in [1.29, 1.82) is 0 Å². The van der Waals surface area contributed by atoms with Gasteiger partial charge in [0.2, 0.25) is 0 Å². The molecule has 1 aliphatic rings. The van der Waals surface area contributed by atoms with Crippen molar-refractivity contribution in [1.82, 2.24) is 0 Å². The molecule has 0 aromatic heterocycles. The number of hydrogen-bond acceptors (Lipinski definition) is 4. The number of anilines is 1. The van der Waals surface area contributed by atoms with Crippen molar-refractivity contribution in [2.24, 2.45) is 0 Å². The summed E-state index contributed by atoms with van der Waals surface area (Å²) in [6, 6.07) is 7.55. The molecule has 1 aromatic rings. The number of benzene rings is 1. The molecule has 1 fully saturated rings. The lowest BCUT2D eigenvalue weighted by atomic mass is 10.3. The minimum atomic E-state index is -0.140. The number of ether oxygens (including phenoxy) is 2. The average molecular weight is 221 g/mol. The highest BCUT2D eigenvalue weighted by Crippen LogP contribution is 2.29. The predicted octanol–water partition coefficient (Wildman–Crippen LogP) is 1.45. The van der Waals surface area contributed by atoms with Crippen LogP contribution in [0.25, 0.3) is 0 Å². The fourth-order valence-corrected chi connectivity index (χ4v) is 1.64. The fourth-order valence-electron chi connectivity index (χ4n) is 1.64. The molecule has 0 amide bonds. The van der Waals surface area contributed by atoms with Gasteiger partial charge in [0.1, 0.15) is 11.8 Å². The summed E-state index contributed by atoms with van der Waals surface area (Å²) in [7, 11) is 1.63. The summed E-state index contributed by atoms with van der Waals surface area (Å²) in [6.07, 6.45) is 0. The van der Waals surface area contributed by atoms with Gasteiger partial charge in [-0.3, -0.25) is 0 Å². The molecule has 4 heteroatoms. The largest absolute Gasteiger partial charge is 0.497 e. The van der Waals surface area contributed by atoms with Crippen LogP contribution in [-0.2, 0) is 9.53 Å². The van der Waals surface area contributed by atoms with Gasteiger partial charge >= 0.3 is 5.97 Å². The predicted molar refractivity (Wildman–Crippen MR) is 60.8 cm³/mol. The van der Waals surface area contributed by atoms with Gasteiger partial charge < -0.3 is 14.4 Å².